The van der Waals surface area contributed by atoms with Crippen LogP contribution in [0.1, 0.15) is 0 Å². The van der Waals surface area contributed by atoms with Crippen LogP contribution in [-0.2, 0) is 0 Å². The first-order chi connectivity index (χ1) is 7.18. The van der Waals surface area contributed by atoms with Gasteiger partial charge in [-0.3, -0.25) is 10.1 Å². The number of nitro groups is 1. The van der Waals surface area contributed by atoms with Gasteiger partial charge in [0.1, 0.15) is 6.20 Å². The van der Waals surface area contributed by atoms with Crippen LogP contribution in [0, 0.1) is 10.1 Å². The van der Waals surface area contributed by atoms with E-state index >= 15 is 0 Å². The lowest BCUT2D eigenvalue weighted by atomic mass is 10.2. The minimum absolute atomic E-state index is 0.00481. The third-order valence-electron chi connectivity index (χ3n) is 1.84. The van der Waals surface area contributed by atoms with Crippen molar-refractivity contribution in [2.75, 3.05) is 5.73 Å². The molecule has 0 bridgehead atoms. The Labute approximate surface area is 84.1 Å². The van der Waals surface area contributed by atoms with Crippen LogP contribution in [0.3, 0.4) is 0 Å². The highest BCUT2D eigenvalue weighted by Gasteiger charge is 2.18. The molecule has 0 aliphatic rings. The number of aromatic nitrogens is 3. The van der Waals surface area contributed by atoms with E-state index < -0.39 is 4.92 Å². The summed E-state index contributed by atoms with van der Waals surface area (Å²) in [6, 6.07) is 3.39. The maximum Gasteiger partial charge on any atom is 0.315 e. The number of nitrogens with two attached hydrogens (primary N) is 1. The average molecular weight is 205 g/mol. The molecule has 0 aliphatic heterocycles. The molecular weight excluding hydrogens is 198 g/mol. The van der Waals surface area contributed by atoms with E-state index in [0.717, 1.165) is 6.20 Å². The number of hydrogen-bond acceptors (Lipinski definition) is 5. The first-order valence-corrected chi connectivity index (χ1v) is 4.09. The third-order valence-corrected chi connectivity index (χ3v) is 1.84. The van der Waals surface area contributed by atoms with Crippen LogP contribution < -0.4 is 5.73 Å². The van der Waals surface area contributed by atoms with Crippen molar-refractivity contribution in [3.63, 3.8) is 0 Å². The Hall–Kier alpha value is -2.44. The smallest absolute Gasteiger partial charge is 0.315 e. The molecule has 3 N–H and O–H groups in total. The first-order valence-electron chi connectivity index (χ1n) is 4.09. The summed E-state index contributed by atoms with van der Waals surface area (Å²) >= 11 is 0. The van der Waals surface area contributed by atoms with Crippen molar-refractivity contribution in [1.29, 1.82) is 0 Å². The Bertz CT molecular complexity index is 494. The largest absolute Gasteiger partial charge is 0.368 e. The molecular formula is C8H7N5O2. The van der Waals surface area contributed by atoms with Crippen LogP contribution in [0.25, 0.3) is 11.4 Å². The average Bonchev–Trinajstić information content (AvgIpc) is 2.69. The van der Waals surface area contributed by atoms with Gasteiger partial charge in [-0.05, 0) is 12.1 Å². The Balaban J connectivity index is 2.63. The van der Waals surface area contributed by atoms with Crippen molar-refractivity contribution < 1.29 is 4.92 Å². The summed E-state index contributed by atoms with van der Waals surface area (Å²) in [7, 11) is 0. The van der Waals surface area contributed by atoms with E-state index in [4.69, 9.17) is 5.73 Å². The van der Waals surface area contributed by atoms with Gasteiger partial charge in [-0.1, -0.05) is 0 Å². The van der Waals surface area contributed by atoms with Crippen LogP contribution in [0.2, 0.25) is 0 Å². The van der Waals surface area contributed by atoms with Crippen molar-refractivity contribution in [2.24, 2.45) is 0 Å². The van der Waals surface area contributed by atoms with Crippen molar-refractivity contribution in [3.05, 3.63) is 34.6 Å². The number of anilines is 1. The highest BCUT2D eigenvalue weighted by atomic mass is 16.6. The number of nitrogens with zero attached hydrogens (tertiary/aromatic N) is 3. The van der Waals surface area contributed by atoms with Gasteiger partial charge in [0.25, 0.3) is 0 Å². The van der Waals surface area contributed by atoms with E-state index in [-0.39, 0.29) is 17.3 Å². The molecule has 0 amide bonds. The molecule has 0 radical (unpaired) electrons. The summed E-state index contributed by atoms with van der Waals surface area (Å²) in [6.45, 7) is 0. The van der Waals surface area contributed by atoms with E-state index in [1.807, 2.05) is 0 Å². The molecule has 2 aromatic heterocycles. The molecule has 0 saturated heterocycles. The predicted molar refractivity (Wildman–Crippen MR) is 52.9 cm³/mol. The number of rotatable bonds is 2. The fourth-order valence-corrected chi connectivity index (χ4v) is 1.20. The molecule has 2 rings (SSSR count). The molecule has 15 heavy (non-hydrogen) atoms. The summed E-state index contributed by atoms with van der Waals surface area (Å²) in [5, 5.41) is 10.7. The van der Waals surface area contributed by atoms with Gasteiger partial charge in [0.05, 0.1) is 10.6 Å². The topological polar surface area (TPSA) is 111 Å². The minimum Gasteiger partial charge on any atom is -0.368 e. The number of nitrogens with one attached hydrogen (secondary N) is 1. The van der Waals surface area contributed by atoms with Crippen LogP contribution in [0.5, 0.6) is 0 Å². The lowest BCUT2D eigenvalue weighted by Gasteiger charge is -1.99. The highest BCUT2D eigenvalue weighted by Crippen LogP contribution is 2.25. The zero-order valence-electron chi connectivity index (χ0n) is 7.54. The minimum atomic E-state index is -0.546. The van der Waals surface area contributed by atoms with Gasteiger partial charge in [-0.25, -0.2) is 9.97 Å². The standard InChI is InChI=1S/C8H7N5O2/c9-8-11-4-6(13(14)15)7(12-8)5-2-1-3-10-5/h1-4,10H,(H2,9,11,12). The molecule has 7 heteroatoms. The molecule has 0 fully saturated rings. The Morgan fingerprint density at radius 1 is 1.53 bits per heavy atom. The number of hydrogen-bond donors (Lipinski definition) is 2. The molecule has 0 aliphatic carbocycles. The molecule has 7 nitrogen and oxygen atoms in total. The molecule has 0 atom stereocenters. The normalized spacial score (nSPS) is 10.1. The van der Waals surface area contributed by atoms with E-state index in [2.05, 4.69) is 15.0 Å². The maximum absolute atomic E-state index is 10.7. The zero-order valence-corrected chi connectivity index (χ0v) is 7.54. The fourth-order valence-electron chi connectivity index (χ4n) is 1.20. The van der Waals surface area contributed by atoms with Crippen molar-refractivity contribution in [2.45, 2.75) is 0 Å². The highest BCUT2D eigenvalue weighted by molar-refractivity contribution is 5.66. The second-order valence-electron chi connectivity index (χ2n) is 2.80. The van der Waals surface area contributed by atoms with Gasteiger partial charge in [-0.15, -0.1) is 0 Å². The Morgan fingerprint density at radius 3 is 2.93 bits per heavy atom. The number of aromatic amines is 1. The molecule has 2 aromatic rings. The molecule has 76 valence electrons. The number of H-pyrrole nitrogens is 1. The second-order valence-corrected chi connectivity index (χ2v) is 2.80. The van der Waals surface area contributed by atoms with Crippen LogP contribution in [-0.4, -0.2) is 19.9 Å². The fraction of sp³-hybridized carbons (Fsp3) is 0. The molecule has 0 spiro atoms. The monoisotopic (exact) mass is 205 g/mol. The quantitative estimate of drug-likeness (QED) is 0.560. The van der Waals surface area contributed by atoms with Crippen LogP contribution in [0.4, 0.5) is 11.6 Å². The van der Waals surface area contributed by atoms with E-state index in [9.17, 15) is 10.1 Å². The van der Waals surface area contributed by atoms with Gasteiger partial charge in [0, 0.05) is 6.20 Å². The molecule has 2 heterocycles. The van der Waals surface area contributed by atoms with E-state index in [1.165, 1.54) is 0 Å². The number of nitrogen functional groups attached to an aromatic ring is 1. The van der Waals surface area contributed by atoms with Crippen molar-refractivity contribution in [1.82, 2.24) is 15.0 Å². The summed E-state index contributed by atoms with van der Waals surface area (Å²) in [5.74, 6) is 0.00481. The predicted octanol–water partition coefficient (Wildman–Crippen LogP) is 0.962. The van der Waals surface area contributed by atoms with Crippen LogP contribution >= 0.6 is 0 Å². The second kappa shape index (κ2) is 3.37. The van der Waals surface area contributed by atoms with Crippen molar-refractivity contribution in [3.8, 4) is 11.4 Å². The van der Waals surface area contributed by atoms with Gasteiger partial charge in [0.15, 0.2) is 5.69 Å². The SMILES string of the molecule is Nc1ncc([N+](=O)[O-])c(-c2ccc[nH]2)n1. The third kappa shape index (κ3) is 1.62. The Kier molecular flexibility index (Phi) is 2.05. The van der Waals surface area contributed by atoms with E-state index in [0.29, 0.717) is 5.69 Å². The molecule has 0 unspecified atom stereocenters. The zero-order chi connectivity index (χ0) is 10.8. The van der Waals surface area contributed by atoms with E-state index in [1.54, 1.807) is 18.3 Å². The summed E-state index contributed by atoms with van der Waals surface area (Å²) in [5.41, 5.74) is 5.93. The van der Waals surface area contributed by atoms with Gasteiger partial charge < -0.3 is 10.7 Å². The lowest BCUT2D eigenvalue weighted by Crippen LogP contribution is -2.01. The summed E-state index contributed by atoms with van der Waals surface area (Å²) in [4.78, 5) is 20.4. The lowest BCUT2D eigenvalue weighted by molar-refractivity contribution is -0.384. The van der Waals surface area contributed by atoms with Gasteiger partial charge in [0.2, 0.25) is 5.95 Å². The Morgan fingerprint density at radius 2 is 2.33 bits per heavy atom. The van der Waals surface area contributed by atoms with Crippen LogP contribution in [0.15, 0.2) is 24.5 Å². The summed E-state index contributed by atoms with van der Waals surface area (Å²) in [6.07, 6.45) is 2.75. The first kappa shape index (κ1) is 9.13. The van der Waals surface area contributed by atoms with Gasteiger partial charge >= 0.3 is 5.69 Å². The summed E-state index contributed by atoms with van der Waals surface area (Å²) < 4.78 is 0. The molecule has 0 aromatic carbocycles. The maximum atomic E-state index is 10.7. The van der Waals surface area contributed by atoms with Gasteiger partial charge in [-0.2, -0.15) is 0 Å². The molecule has 0 saturated carbocycles. The van der Waals surface area contributed by atoms with Crippen molar-refractivity contribution >= 4 is 11.6 Å².